The molecule has 174 valence electrons. The van der Waals surface area contributed by atoms with Gasteiger partial charge in [0.15, 0.2) is 11.5 Å². The lowest BCUT2D eigenvalue weighted by Crippen LogP contribution is -2.18. The molecule has 0 saturated carbocycles. The Bertz CT molecular complexity index is 1270. The van der Waals surface area contributed by atoms with Gasteiger partial charge in [-0.3, -0.25) is 4.79 Å². The van der Waals surface area contributed by atoms with Gasteiger partial charge in [-0.15, -0.1) is 0 Å². The van der Waals surface area contributed by atoms with Gasteiger partial charge in [0, 0.05) is 11.1 Å². The molecule has 1 N–H and O–H groups in total. The normalized spacial score (nSPS) is 11.2. The lowest BCUT2D eigenvalue weighted by atomic mass is 10.1. The third-order valence-corrected chi connectivity index (χ3v) is 5.18. The third kappa shape index (κ3) is 6.14. The molecule has 3 rings (SSSR count). The molecule has 0 heterocycles. The van der Waals surface area contributed by atoms with Crippen LogP contribution in [0.3, 0.4) is 0 Å². The standard InChI is InChI=1S/C24H17BrF3N3O3/c1-33-21-10-15(9-20(25)22(21)34-14-18-6-3-2-5-17(18)12-29)13-30-31-23(32)16-7-4-8-19(11-16)24(26,27)28/h2-11,13H,14H2,1H3,(H,31,32)/b30-13-. The van der Waals surface area contributed by atoms with Crippen molar-refractivity contribution in [2.24, 2.45) is 5.10 Å². The first-order chi connectivity index (χ1) is 16.2. The van der Waals surface area contributed by atoms with Gasteiger partial charge < -0.3 is 9.47 Å². The number of carbonyl (C=O) groups is 1. The third-order valence-electron chi connectivity index (χ3n) is 4.59. The minimum absolute atomic E-state index is 0.138. The average molecular weight is 532 g/mol. The van der Waals surface area contributed by atoms with Crippen molar-refractivity contribution in [1.82, 2.24) is 5.43 Å². The number of ether oxygens (including phenoxy) is 2. The molecule has 0 fully saturated rings. The maximum atomic E-state index is 12.8. The number of hydrogen-bond donors (Lipinski definition) is 1. The van der Waals surface area contributed by atoms with E-state index < -0.39 is 17.6 Å². The molecular formula is C24H17BrF3N3O3. The second-order valence-corrected chi connectivity index (χ2v) is 7.72. The van der Waals surface area contributed by atoms with E-state index in [0.29, 0.717) is 32.7 Å². The number of benzene rings is 3. The molecule has 10 heteroatoms. The predicted molar refractivity (Wildman–Crippen MR) is 123 cm³/mol. The summed E-state index contributed by atoms with van der Waals surface area (Å²) in [5.74, 6) is -0.0145. The SMILES string of the molecule is COc1cc(/C=N\NC(=O)c2cccc(C(F)(F)F)c2)cc(Br)c1OCc1ccccc1C#N. The van der Waals surface area contributed by atoms with Crippen LogP contribution < -0.4 is 14.9 Å². The largest absolute Gasteiger partial charge is 0.493 e. The Balaban J connectivity index is 1.72. The lowest BCUT2D eigenvalue weighted by Gasteiger charge is -2.14. The number of alkyl halides is 3. The number of carbonyl (C=O) groups excluding carboxylic acids is 1. The maximum absolute atomic E-state index is 12.8. The smallest absolute Gasteiger partial charge is 0.416 e. The van der Waals surface area contributed by atoms with Gasteiger partial charge in [-0.05, 0) is 57.9 Å². The van der Waals surface area contributed by atoms with E-state index in [2.05, 4.69) is 32.5 Å². The fraction of sp³-hybridized carbons (Fsp3) is 0.125. The number of nitriles is 1. The zero-order valence-corrected chi connectivity index (χ0v) is 19.3. The number of hydrazone groups is 1. The number of rotatable bonds is 7. The Kier molecular flexibility index (Phi) is 7.91. The summed E-state index contributed by atoms with van der Waals surface area (Å²) in [6.07, 6.45) is -3.24. The second kappa shape index (κ2) is 10.9. The molecule has 34 heavy (non-hydrogen) atoms. The van der Waals surface area contributed by atoms with Crippen LogP contribution in [0.2, 0.25) is 0 Å². The van der Waals surface area contributed by atoms with Crippen molar-refractivity contribution in [3.8, 4) is 17.6 Å². The van der Waals surface area contributed by atoms with E-state index in [1.165, 1.54) is 19.4 Å². The van der Waals surface area contributed by atoms with E-state index in [9.17, 15) is 23.2 Å². The van der Waals surface area contributed by atoms with Crippen molar-refractivity contribution in [2.45, 2.75) is 12.8 Å². The number of nitrogens with zero attached hydrogens (tertiary/aromatic N) is 2. The molecule has 0 atom stereocenters. The molecule has 0 saturated heterocycles. The van der Waals surface area contributed by atoms with Crippen LogP contribution in [-0.4, -0.2) is 19.2 Å². The highest BCUT2D eigenvalue weighted by molar-refractivity contribution is 9.10. The molecule has 0 aliphatic heterocycles. The highest BCUT2D eigenvalue weighted by atomic mass is 79.9. The van der Waals surface area contributed by atoms with Crippen LogP contribution in [0.4, 0.5) is 13.2 Å². The van der Waals surface area contributed by atoms with Gasteiger partial charge in [-0.25, -0.2) is 5.43 Å². The van der Waals surface area contributed by atoms with E-state index in [0.717, 1.165) is 18.2 Å². The molecule has 0 aliphatic rings. The first kappa shape index (κ1) is 24.8. The van der Waals surface area contributed by atoms with Crippen LogP contribution in [0.5, 0.6) is 11.5 Å². The minimum Gasteiger partial charge on any atom is -0.493 e. The summed E-state index contributed by atoms with van der Waals surface area (Å²) in [6.45, 7) is 0.138. The molecular weight excluding hydrogens is 515 g/mol. The van der Waals surface area contributed by atoms with Crippen molar-refractivity contribution in [1.29, 1.82) is 5.26 Å². The topological polar surface area (TPSA) is 83.7 Å². The molecule has 1 amide bonds. The Labute approximate surface area is 201 Å². The van der Waals surface area contributed by atoms with E-state index >= 15 is 0 Å². The van der Waals surface area contributed by atoms with Crippen molar-refractivity contribution in [3.05, 3.63) is 93.0 Å². The number of methoxy groups -OCH3 is 1. The van der Waals surface area contributed by atoms with Crippen LogP contribution in [-0.2, 0) is 12.8 Å². The van der Waals surface area contributed by atoms with Crippen LogP contribution >= 0.6 is 15.9 Å². The molecule has 0 unspecified atom stereocenters. The van der Waals surface area contributed by atoms with Crippen LogP contribution in [0, 0.1) is 11.3 Å². The number of amides is 1. The monoisotopic (exact) mass is 531 g/mol. The Morgan fingerprint density at radius 3 is 2.65 bits per heavy atom. The van der Waals surface area contributed by atoms with E-state index in [4.69, 9.17) is 9.47 Å². The zero-order valence-electron chi connectivity index (χ0n) is 17.7. The average Bonchev–Trinajstić information content (AvgIpc) is 2.82. The van der Waals surface area contributed by atoms with Crippen molar-refractivity contribution in [3.63, 3.8) is 0 Å². The summed E-state index contributed by atoms with van der Waals surface area (Å²) in [6, 6.07) is 16.5. The Morgan fingerprint density at radius 2 is 1.94 bits per heavy atom. The van der Waals surface area contributed by atoms with Gasteiger partial charge in [-0.1, -0.05) is 24.3 Å². The van der Waals surface area contributed by atoms with Crippen LogP contribution in [0.25, 0.3) is 0 Å². The summed E-state index contributed by atoms with van der Waals surface area (Å²) in [4.78, 5) is 12.2. The van der Waals surface area contributed by atoms with Gasteiger partial charge in [0.25, 0.3) is 5.91 Å². The molecule has 0 spiro atoms. The fourth-order valence-corrected chi connectivity index (χ4v) is 3.50. The van der Waals surface area contributed by atoms with Crippen LogP contribution in [0.1, 0.15) is 32.6 Å². The molecule has 0 aliphatic carbocycles. The lowest BCUT2D eigenvalue weighted by molar-refractivity contribution is -0.137. The van der Waals surface area contributed by atoms with Gasteiger partial charge in [-0.2, -0.15) is 23.5 Å². The van der Waals surface area contributed by atoms with E-state index in [-0.39, 0.29) is 12.2 Å². The van der Waals surface area contributed by atoms with Gasteiger partial charge in [0.05, 0.1) is 35.0 Å². The Morgan fingerprint density at radius 1 is 1.18 bits per heavy atom. The molecule has 0 aromatic heterocycles. The van der Waals surface area contributed by atoms with Gasteiger partial charge in [0.1, 0.15) is 6.61 Å². The summed E-state index contributed by atoms with van der Waals surface area (Å²) in [5, 5.41) is 13.0. The van der Waals surface area contributed by atoms with Crippen molar-refractivity contribution in [2.75, 3.05) is 7.11 Å². The molecule has 0 bridgehead atoms. The van der Waals surface area contributed by atoms with Crippen LogP contribution in [0.15, 0.2) is 70.2 Å². The fourth-order valence-electron chi connectivity index (χ4n) is 2.93. The van der Waals surface area contributed by atoms with E-state index in [1.54, 1.807) is 36.4 Å². The summed E-state index contributed by atoms with van der Waals surface area (Å²) in [5.41, 5.74) is 2.84. The number of halogens is 4. The molecule has 6 nitrogen and oxygen atoms in total. The predicted octanol–water partition coefficient (Wildman–Crippen LogP) is 5.69. The van der Waals surface area contributed by atoms with Gasteiger partial charge in [0.2, 0.25) is 0 Å². The van der Waals surface area contributed by atoms with Gasteiger partial charge >= 0.3 is 6.18 Å². The first-order valence-corrected chi connectivity index (χ1v) is 10.5. The second-order valence-electron chi connectivity index (χ2n) is 6.87. The summed E-state index contributed by atoms with van der Waals surface area (Å²) < 4.78 is 50.3. The molecule has 3 aromatic carbocycles. The maximum Gasteiger partial charge on any atom is 0.416 e. The number of hydrogen-bond acceptors (Lipinski definition) is 5. The quantitative estimate of drug-likeness (QED) is 0.313. The zero-order chi connectivity index (χ0) is 24.7. The molecule has 3 aromatic rings. The van der Waals surface area contributed by atoms with Crippen molar-refractivity contribution >= 4 is 28.1 Å². The summed E-state index contributed by atoms with van der Waals surface area (Å²) >= 11 is 3.41. The molecule has 0 radical (unpaired) electrons. The Hall–Kier alpha value is -3.84. The summed E-state index contributed by atoms with van der Waals surface area (Å²) in [7, 11) is 1.45. The minimum atomic E-state index is -4.55. The first-order valence-electron chi connectivity index (χ1n) is 9.72. The highest BCUT2D eigenvalue weighted by Crippen LogP contribution is 2.37. The van der Waals surface area contributed by atoms with Crippen molar-refractivity contribution < 1.29 is 27.4 Å². The van der Waals surface area contributed by atoms with E-state index in [1.807, 2.05) is 0 Å². The highest BCUT2D eigenvalue weighted by Gasteiger charge is 2.30. The number of nitrogens with one attached hydrogen (secondary N) is 1.